The lowest BCUT2D eigenvalue weighted by atomic mass is 9.61. The lowest BCUT2D eigenvalue weighted by Crippen LogP contribution is -2.36. The Bertz CT molecular complexity index is 756. The maximum atomic E-state index is 10.6. The zero-order valence-corrected chi connectivity index (χ0v) is 20.3. The molecule has 7 atom stereocenters. The number of aliphatic hydroxyl groups excluding tert-OH is 2. The molecule has 0 aromatic rings. The largest absolute Gasteiger partial charge is 0.393 e. The lowest BCUT2D eigenvalue weighted by molar-refractivity contribution is 0.0607. The van der Waals surface area contributed by atoms with Crippen molar-refractivity contribution in [3.8, 4) is 0 Å². The quantitative estimate of drug-likeness (QED) is 0.490. The van der Waals surface area contributed by atoms with E-state index in [4.69, 9.17) is 0 Å². The van der Waals surface area contributed by atoms with Gasteiger partial charge in [0.05, 0.1) is 17.8 Å². The summed E-state index contributed by atoms with van der Waals surface area (Å²) < 4.78 is 0. The second-order valence-electron chi connectivity index (χ2n) is 11.3. The molecule has 0 aromatic heterocycles. The van der Waals surface area contributed by atoms with Crippen molar-refractivity contribution >= 4 is 0 Å². The molecule has 3 nitrogen and oxygen atoms in total. The van der Waals surface area contributed by atoms with Gasteiger partial charge in [0.25, 0.3) is 0 Å². The molecule has 0 aromatic carbocycles. The third-order valence-corrected chi connectivity index (χ3v) is 8.84. The first kappa shape index (κ1) is 24.5. The summed E-state index contributed by atoms with van der Waals surface area (Å²) in [6, 6.07) is 0. The minimum Gasteiger partial charge on any atom is -0.393 e. The predicted molar refractivity (Wildman–Crippen MR) is 128 cm³/mol. The van der Waals surface area contributed by atoms with E-state index in [0.29, 0.717) is 36.0 Å². The van der Waals surface area contributed by atoms with Crippen LogP contribution in [-0.2, 0) is 0 Å². The molecule has 31 heavy (non-hydrogen) atoms. The van der Waals surface area contributed by atoms with E-state index in [1.54, 1.807) is 0 Å². The first-order chi connectivity index (χ1) is 14.5. The molecular formula is C28H44O3. The Labute approximate surface area is 189 Å². The van der Waals surface area contributed by atoms with Crippen molar-refractivity contribution in [2.45, 2.75) is 97.4 Å². The minimum atomic E-state index is -0.755. The molecule has 0 radical (unpaired) electrons. The summed E-state index contributed by atoms with van der Waals surface area (Å²) in [4.78, 5) is 0. The van der Waals surface area contributed by atoms with Crippen molar-refractivity contribution in [1.82, 2.24) is 0 Å². The third-order valence-electron chi connectivity index (χ3n) is 8.84. The van der Waals surface area contributed by atoms with Crippen LogP contribution in [-0.4, -0.2) is 33.1 Å². The number of hydrogen-bond donors (Lipinski definition) is 3. The molecule has 3 aliphatic carbocycles. The smallest absolute Gasteiger partial charge is 0.0822 e. The van der Waals surface area contributed by atoms with Gasteiger partial charge >= 0.3 is 0 Å². The van der Waals surface area contributed by atoms with Crippen molar-refractivity contribution in [3.63, 3.8) is 0 Å². The summed E-state index contributed by atoms with van der Waals surface area (Å²) in [7, 11) is 0. The Morgan fingerprint density at radius 1 is 1.16 bits per heavy atom. The molecule has 0 aliphatic heterocycles. The summed E-state index contributed by atoms with van der Waals surface area (Å²) in [5, 5.41) is 30.8. The first-order valence-corrected chi connectivity index (χ1v) is 12.3. The van der Waals surface area contributed by atoms with Crippen molar-refractivity contribution in [3.05, 3.63) is 47.6 Å². The van der Waals surface area contributed by atoms with Gasteiger partial charge in [-0.3, -0.25) is 0 Å². The van der Waals surface area contributed by atoms with E-state index in [0.717, 1.165) is 17.6 Å². The lowest BCUT2D eigenvalue weighted by Gasteiger charge is -2.44. The molecule has 0 bridgehead atoms. The molecule has 0 saturated heterocycles. The molecule has 3 N–H and O–H groups in total. The molecule has 174 valence electrons. The average Bonchev–Trinajstić information content (AvgIpc) is 3.05. The van der Waals surface area contributed by atoms with Gasteiger partial charge in [-0.25, -0.2) is 0 Å². The average molecular weight is 429 g/mol. The van der Waals surface area contributed by atoms with Crippen molar-refractivity contribution < 1.29 is 15.3 Å². The van der Waals surface area contributed by atoms with Gasteiger partial charge in [-0.2, -0.15) is 0 Å². The van der Waals surface area contributed by atoms with Crippen LogP contribution in [0.1, 0.15) is 79.6 Å². The van der Waals surface area contributed by atoms with Crippen LogP contribution in [0.5, 0.6) is 0 Å². The highest BCUT2D eigenvalue weighted by molar-refractivity contribution is 5.38. The fourth-order valence-corrected chi connectivity index (χ4v) is 6.28. The Kier molecular flexibility index (Phi) is 7.40. The molecule has 3 saturated carbocycles. The summed E-state index contributed by atoms with van der Waals surface area (Å²) in [5.41, 5.74) is 2.82. The fraction of sp³-hybridized carbons (Fsp3) is 0.714. The van der Waals surface area contributed by atoms with Gasteiger partial charge in [0.2, 0.25) is 0 Å². The molecule has 0 spiro atoms. The normalized spacial score (nSPS) is 40.0. The first-order valence-electron chi connectivity index (χ1n) is 12.3. The van der Waals surface area contributed by atoms with E-state index in [9.17, 15) is 15.3 Å². The van der Waals surface area contributed by atoms with E-state index in [1.165, 1.54) is 31.3 Å². The highest BCUT2D eigenvalue weighted by Gasteiger charge is 2.50. The standard InChI is InChI=1S/C28H44O3/c1-18(2)28(6,31)15-13-19(3)24-11-12-25-21(8-7-14-27(24,25)5)9-10-22-16-23(29)17-26(30)20(22)4/h9-10,13,15,18-19,23-26,29-31H,4,7-8,11-12,14,16-17H2,1-3,5-6H3/b15-13+,21-9+,22-10-/t19-,23-,24-,25?,26+,27-,28-/m1/s1. The number of rotatable bonds is 5. The Hall–Kier alpha value is -1.16. The number of hydrogen-bond acceptors (Lipinski definition) is 3. The van der Waals surface area contributed by atoms with Gasteiger partial charge in [-0.1, -0.05) is 64.2 Å². The molecule has 1 unspecified atom stereocenters. The molecule has 3 aliphatic rings. The maximum absolute atomic E-state index is 10.6. The predicted octanol–water partition coefficient (Wildman–Crippen LogP) is 5.73. The summed E-state index contributed by atoms with van der Waals surface area (Å²) >= 11 is 0. The molecule has 3 heteroatoms. The van der Waals surface area contributed by atoms with E-state index >= 15 is 0 Å². The van der Waals surface area contributed by atoms with Crippen LogP contribution in [0.15, 0.2) is 47.6 Å². The zero-order chi connectivity index (χ0) is 23.0. The summed E-state index contributed by atoms with van der Waals surface area (Å²) in [6.07, 6.45) is 14.6. The zero-order valence-electron chi connectivity index (χ0n) is 20.3. The van der Waals surface area contributed by atoms with Gasteiger partial charge in [0.15, 0.2) is 0 Å². The van der Waals surface area contributed by atoms with Crippen molar-refractivity contribution in [2.75, 3.05) is 0 Å². The van der Waals surface area contributed by atoms with Gasteiger partial charge in [-0.05, 0) is 85.7 Å². The van der Waals surface area contributed by atoms with Crippen LogP contribution in [0.2, 0.25) is 0 Å². The van der Waals surface area contributed by atoms with E-state index in [2.05, 4.69) is 52.5 Å². The highest BCUT2D eigenvalue weighted by Crippen LogP contribution is 2.59. The van der Waals surface area contributed by atoms with Gasteiger partial charge in [0.1, 0.15) is 0 Å². The number of aliphatic hydroxyl groups is 3. The van der Waals surface area contributed by atoms with E-state index in [-0.39, 0.29) is 5.92 Å². The highest BCUT2D eigenvalue weighted by atomic mass is 16.3. The maximum Gasteiger partial charge on any atom is 0.0822 e. The Balaban J connectivity index is 1.78. The fourth-order valence-electron chi connectivity index (χ4n) is 6.28. The Morgan fingerprint density at radius 2 is 1.87 bits per heavy atom. The monoisotopic (exact) mass is 428 g/mol. The SMILES string of the molecule is C=C1/C(=C\C=C2/CCC[C@@]3(C)C2CC[C@@H]3[C@H](C)/C=C/[C@@](C)(O)C(C)C)C[C@@H](O)C[C@@H]1O. The summed E-state index contributed by atoms with van der Waals surface area (Å²) in [6.45, 7) is 14.9. The van der Waals surface area contributed by atoms with Crippen LogP contribution >= 0.6 is 0 Å². The molecule has 3 fully saturated rings. The molecular weight excluding hydrogens is 384 g/mol. The third kappa shape index (κ3) is 5.10. The number of fused-ring (bicyclic) bond motifs is 1. The van der Waals surface area contributed by atoms with Crippen LogP contribution in [0, 0.1) is 29.1 Å². The second kappa shape index (κ2) is 9.37. The van der Waals surface area contributed by atoms with Gasteiger partial charge in [0, 0.05) is 6.42 Å². The minimum absolute atomic E-state index is 0.201. The number of allylic oxidation sites excluding steroid dienone is 4. The molecule has 0 heterocycles. The Morgan fingerprint density at radius 3 is 2.55 bits per heavy atom. The summed E-state index contributed by atoms with van der Waals surface area (Å²) in [5.74, 6) is 1.87. The van der Waals surface area contributed by atoms with Gasteiger partial charge in [-0.15, -0.1) is 0 Å². The van der Waals surface area contributed by atoms with Crippen LogP contribution in [0.4, 0.5) is 0 Å². The molecule has 3 rings (SSSR count). The van der Waals surface area contributed by atoms with Crippen LogP contribution in [0.25, 0.3) is 0 Å². The van der Waals surface area contributed by atoms with E-state index < -0.39 is 17.8 Å². The van der Waals surface area contributed by atoms with Gasteiger partial charge < -0.3 is 15.3 Å². The second-order valence-corrected chi connectivity index (χ2v) is 11.3. The molecule has 0 amide bonds. The topological polar surface area (TPSA) is 60.7 Å². The van der Waals surface area contributed by atoms with E-state index in [1.807, 2.05) is 13.0 Å². The van der Waals surface area contributed by atoms with Crippen LogP contribution < -0.4 is 0 Å². The van der Waals surface area contributed by atoms with Crippen LogP contribution in [0.3, 0.4) is 0 Å². The van der Waals surface area contributed by atoms with Crippen molar-refractivity contribution in [2.24, 2.45) is 29.1 Å². The van der Waals surface area contributed by atoms with Crippen molar-refractivity contribution in [1.29, 1.82) is 0 Å².